The fraction of sp³-hybridized carbons (Fsp3) is 0.500. The zero-order chi connectivity index (χ0) is 21.8. The van der Waals surface area contributed by atoms with E-state index in [1.54, 1.807) is 24.3 Å². The monoisotopic (exact) mass is 542 g/mol. The lowest BCUT2D eigenvalue weighted by Crippen LogP contribution is -2.41. The summed E-state index contributed by atoms with van der Waals surface area (Å²) in [6.45, 7) is 8.98. The summed E-state index contributed by atoms with van der Waals surface area (Å²) in [5.41, 5.74) is 0.438. The van der Waals surface area contributed by atoms with Crippen LogP contribution in [0.2, 0.25) is 0 Å². The lowest BCUT2D eigenvalue weighted by molar-refractivity contribution is 0.0232. The Balaban J connectivity index is 0.00000480. The highest BCUT2D eigenvalue weighted by Crippen LogP contribution is 2.12. The highest BCUT2D eigenvalue weighted by atomic mass is 127. The Morgan fingerprint density at radius 1 is 1.19 bits per heavy atom. The fourth-order valence-corrected chi connectivity index (χ4v) is 2.79. The molecule has 0 saturated heterocycles. The smallest absolute Gasteiger partial charge is 0.410 e. The van der Waals surface area contributed by atoms with Crippen LogP contribution in [0.4, 0.5) is 4.79 Å². The Morgan fingerprint density at radius 2 is 1.90 bits per heavy atom. The number of ether oxygens (including phenoxy) is 1. The van der Waals surface area contributed by atoms with E-state index >= 15 is 0 Å². The van der Waals surface area contributed by atoms with E-state index in [0.29, 0.717) is 19.6 Å². The summed E-state index contributed by atoms with van der Waals surface area (Å²) in [4.78, 5) is 22.7. The van der Waals surface area contributed by atoms with E-state index in [0.717, 1.165) is 31.0 Å². The van der Waals surface area contributed by atoms with E-state index in [1.807, 2.05) is 57.4 Å². The highest BCUT2D eigenvalue weighted by molar-refractivity contribution is 14.0. The summed E-state index contributed by atoms with van der Waals surface area (Å²) in [6.07, 6.45) is 8.00. The predicted molar refractivity (Wildman–Crippen MR) is 135 cm³/mol. The molecule has 0 unspecified atom stereocenters. The van der Waals surface area contributed by atoms with Gasteiger partial charge in [0.2, 0.25) is 0 Å². The number of amides is 1. The number of guanidine groups is 1. The van der Waals surface area contributed by atoms with Crippen LogP contribution >= 0.6 is 24.0 Å². The largest absolute Gasteiger partial charge is 0.444 e. The van der Waals surface area contributed by atoms with Crippen LogP contribution < -0.4 is 10.6 Å². The minimum Gasteiger partial charge on any atom is -0.444 e. The summed E-state index contributed by atoms with van der Waals surface area (Å²) in [5.74, 6) is 0.748. The van der Waals surface area contributed by atoms with Crippen molar-refractivity contribution in [3.63, 3.8) is 0 Å². The van der Waals surface area contributed by atoms with Gasteiger partial charge in [0.15, 0.2) is 5.96 Å². The highest BCUT2D eigenvalue weighted by Gasteiger charge is 2.22. The molecule has 0 aliphatic heterocycles. The van der Waals surface area contributed by atoms with Gasteiger partial charge in [-0.05, 0) is 51.0 Å². The molecule has 2 aromatic heterocycles. The first kappa shape index (κ1) is 26.7. The van der Waals surface area contributed by atoms with Gasteiger partial charge in [-0.3, -0.25) is 9.98 Å². The van der Waals surface area contributed by atoms with E-state index in [4.69, 9.17) is 4.74 Å². The molecule has 0 aliphatic rings. The van der Waals surface area contributed by atoms with Crippen LogP contribution in [0, 0.1) is 0 Å². The van der Waals surface area contributed by atoms with Crippen LogP contribution in [0.5, 0.6) is 0 Å². The minimum atomic E-state index is -0.534. The third-order valence-corrected chi connectivity index (χ3v) is 4.20. The number of hydrogen-bond donors (Lipinski definition) is 2. The van der Waals surface area contributed by atoms with Crippen molar-refractivity contribution in [1.82, 2.24) is 25.1 Å². The Morgan fingerprint density at radius 3 is 2.52 bits per heavy atom. The number of halogens is 1. The Labute approximate surface area is 202 Å². The molecule has 0 spiro atoms. The van der Waals surface area contributed by atoms with Crippen LogP contribution in [0.25, 0.3) is 0 Å². The molecular formula is C22H35IN6O2. The third kappa shape index (κ3) is 11.0. The van der Waals surface area contributed by atoms with Crippen molar-refractivity contribution in [1.29, 1.82) is 0 Å². The van der Waals surface area contributed by atoms with Crippen LogP contribution in [0.15, 0.2) is 54.0 Å². The molecule has 0 bridgehead atoms. The van der Waals surface area contributed by atoms with Crippen LogP contribution in [-0.4, -0.2) is 58.8 Å². The van der Waals surface area contributed by atoms with Crippen molar-refractivity contribution in [3.8, 4) is 0 Å². The van der Waals surface area contributed by atoms with Gasteiger partial charge in [-0.25, -0.2) is 4.79 Å². The van der Waals surface area contributed by atoms with Gasteiger partial charge in [-0.1, -0.05) is 6.07 Å². The van der Waals surface area contributed by atoms with Crippen LogP contribution in [0.3, 0.4) is 0 Å². The second-order valence-electron chi connectivity index (χ2n) is 7.96. The summed E-state index contributed by atoms with van der Waals surface area (Å²) in [6, 6.07) is 7.84. The number of hydrogen-bond acceptors (Lipinski definition) is 4. The molecule has 1 amide bonds. The molecule has 0 atom stereocenters. The van der Waals surface area contributed by atoms with Crippen molar-refractivity contribution < 1.29 is 9.53 Å². The van der Waals surface area contributed by atoms with Gasteiger partial charge in [-0.2, -0.15) is 0 Å². The Bertz CT molecular complexity index is 775. The molecule has 0 aliphatic carbocycles. The average Bonchev–Trinajstić information content (AvgIpc) is 3.21. The first-order chi connectivity index (χ1) is 14.4. The van der Waals surface area contributed by atoms with Crippen molar-refractivity contribution >= 4 is 36.0 Å². The second kappa shape index (κ2) is 13.9. The molecule has 2 N–H and O–H groups in total. The topological polar surface area (TPSA) is 83.8 Å². The van der Waals surface area contributed by atoms with E-state index in [1.165, 1.54) is 0 Å². The zero-order valence-electron chi connectivity index (χ0n) is 18.9. The molecule has 2 rings (SSSR count). The molecule has 0 aromatic carbocycles. The number of pyridine rings is 1. The standard InChI is InChI=1S/C22H34N6O2.HI/c1-22(2,3)30-21(29)28(18-19-9-7-10-24-17-19)15-8-11-25-20(23-4)26-12-16-27-13-5-6-14-27;/h5-7,9-10,13-14,17H,8,11-12,15-16,18H2,1-4H3,(H2,23,25,26);1H. The SMILES string of the molecule is CN=C(NCCCN(Cc1cccnc1)C(=O)OC(C)(C)C)NCCn1cccc1.I. The fourth-order valence-electron chi connectivity index (χ4n) is 2.79. The molecular weight excluding hydrogens is 507 g/mol. The lowest BCUT2D eigenvalue weighted by Gasteiger charge is -2.27. The first-order valence-electron chi connectivity index (χ1n) is 10.3. The molecule has 2 aromatic rings. The summed E-state index contributed by atoms with van der Waals surface area (Å²) < 4.78 is 7.68. The van der Waals surface area contributed by atoms with E-state index in [2.05, 4.69) is 25.2 Å². The van der Waals surface area contributed by atoms with E-state index in [9.17, 15) is 4.79 Å². The minimum absolute atomic E-state index is 0. The molecule has 0 saturated carbocycles. The molecule has 0 fully saturated rings. The van der Waals surface area contributed by atoms with E-state index in [-0.39, 0.29) is 30.1 Å². The van der Waals surface area contributed by atoms with Crippen molar-refractivity contribution in [3.05, 3.63) is 54.6 Å². The number of nitrogens with one attached hydrogen (secondary N) is 2. The van der Waals surface area contributed by atoms with E-state index < -0.39 is 5.60 Å². The number of aromatic nitrogens is 2. The number of aliphatic imine (C=N–C) groups is 1. The van der Waals surface area contributed by atoms with Crippen molar-refractivity contribution in [2.24, 2.45) is 4.99 Å². The Hall–Kier alpha value is -2.30. The molecule has 172 valence electrons. The maximum absolute atomic E-state index is 12.6. The first-order valence-corrected chi connectivity index (χ1v) is 10.3. The van der Waals surface area contributed by atoms with Crippen molar-refractivity contribution in [2.45, 2.75) is 45.9 Å². The quantitative estimate of drug-likeness (QED) is 0.220. The summed E-state index contributed by atoms with van der Waals surface area (Å²) in [5, 5.41) is 6.59. The molecule has 8 nitrogen and oxygen atoms in total. The van der Waals surface area contributed by atoms with Gasteiger partial charge in [0.25, 0.3) is 0 Å². The number of nitrogens with zero attached hydrogens (tertiary/aromatic N) is 4. The van der Waals surface area contributed by atoms with Gasteiger partial charge >= 0.3 is 6.09 Å². The maximum Gasteiger partial charge on any atom is 0.410 e. The summed E-state index contributed by atoms with van der Waals surface area (Å²) >= 11 is 0. The summed E-state index contributed by atoms with van der Waals surface area (Å²) in [7, 11) is 1.75. The van der Waals surface area contributed by atoms with Crippen molar-refractivity contribution in [2.75, 3.05) is 26.7 Å². The predicted octanol–water partition coefficient (Wildman–Crippen LogP) is 3.49. The molecule has 2 heterocycles. The Kier molecular flexibility index (Phi) is 12.0. The van der Waals surface area contributed by atoms with Gasteiger partial charge in [0.05, 0.1) is 6.54 Å². The number of carbonyl (C=O) groups is 1. The van der Waals surface area contributed by atoms with Gasteiger partial charge in [-0.15, -0.1) is 24.0 Å². The average molecular weight is 542 g/mol. The third-order valence-electron chi connectivity index (χ3n) is 4.20. The van der Waals surface area contributed by atoms with Gasteiger partial charge in [0, 0.05) is 58.0 Å². The lowest BCUT2D eigenvalue weighted by atomic mass is 10.2. The molecule has 0 radical (unpaired) electrons. The normalized spacial score (nSPS) is 11.4. The van der Waals surface area contributed by atoms with Crippen LogP contribution in [0.1, 0.15) is 32.8 Å². The molecule has 31 heavy (non-hydrogen) atoms. The number of rotatable bonds is 9. The second-order valence-corrected chi connectivity index (χ2v) is 7.96. The van der Waals surface area contributed by atoms with Crippen LogP contribution in [-0.2, 0) is 17.8 Å². The maximum atomic E-state index is 12.6. The zero-order valence-corrected chi connectivity index (χ0v) is 21.2. The van der Waals surface area contributed by atoms with Gasteiger partial charge < -0.3 is 24.8 Å². The van der Waals surface area contributed by atoms with Gasteiger partial charge in [0.1, 0.15) is 5.60 Å². The molecule has 9 heteroatoms. The number of carbonyl (C=O) groups excluding carboxylic acids is 1.